The quantitative estimate of drug-likeness (QED) is 0.464. The van der Waals surface area contributed by atoms with Crippen molar-refractivity contribution in [1.82, 2.24) is 14.7 Å². The highest BCUT2D eigenvalue weighted by Gasteiger charge is 2.37. The number of rotatable bonds is 11. The van der Waals surface area contributed by atoms with E-state index in [-0.39, 0.29) is 38.0 Å². The predicted octanol–water partition coefficient (Wildman–Crippen LogP) is 2.93. The molecule has 1 N–H and O–H groups in total. The zero-order valence-corrected chi connectivity index (χ0v) is 22.6. The second kappa shape index (κ2) is 14.0. The molecule has 214 valence electrons. The zero-order valence-electron chi connectivity index (χ0n) is 22.6. The minimum atomic E-state index is -1.44. The number of nitrogens with zero attached hydrogens (tertiary/aromatic N) is 3. The maximum Gasteiger partial charge on any atom is 0.248 e. The summed E-state index contributed by atoms with van der Waals surface area (Å²) in [6.07, 6.45) is 3.83. The number of halogens is 2. The highest BCUT2D eigenvalue weighted by molar-refractivity contribution is 5.77. The van der Waals surface area contributed by atoms with E-state index in [2.05, 4.69) is 9.80 Å². The van der Waals surface area contributed by atoms with Gasteiger partial charge in [-0.3, -0.25) is 14.6 Å². The zero-order chi connectivity index (χ0) is 27.7. The van der Waals surface area contributed by atoms with Crippen LogP contribution in [0.2, 0.25) is 0 Å². The van der Waals surface area contributed by atoms with Crippen molar-refractivity contribution in [2.75, 3.05) is 72.7 Å². The Bertz CT molecular complexity index is 1070. The van der Waals surface area contributed by atoms with Crippen LogP contribution in [0.1, 0.15) is 24.8 Å². The summed E-state index contributed by atoms with van der Waals surface area (Å²) in [5.41, 5.74) is -0.402. The lowest BCUT2D eigenvalue weighted by atomic mass is 10.0. The number of benzene rings is 2. The van der Waals surface area contributed by atoms with Crippen molar-refractivity contribution >= 4 is 5.91 Å². The van der Waals surface area contributed by atoms with E-state index in [4.69, 9.17) is 14.2 Å². The third-order valence-electron chi connectivity index (χ3n) is 7.16. The van der Waals surface area contributed by atoms with Gasteiger partial charge in [0, 0.05) is 45.9 Å². The first-order valence-corrected chi connectivity index (χ1v) is 13.6. The number of amides is 1. The molecule has 2 aromatic rings. The average molecular weight is 548 g/mol. The van der Waals surface area contributed by atoms with E-state index in [1.165, 1.54) is 32.4 Å². The summed E-state index contributed by atoms with van der Waals surface area (Å²) in [7, 11) is 1.45. The lowest BCUT2D eigenvalue weighted by molar-refractivity contribution is -0.138. The van der Waals surface area contributed by atoms with Crippen LogP contribution in [0.15, 0.2) is 42.5 Å². The first-order chi connectivity index (χ1) is 18.8. The van der Waals surface area contributed by atoms with Gasteiger partial charge in [-0.05, 0) is 55.8 Å². The van der Waals surface area contributed by atoms with E-state index in [9.17, 15) is 18.7 Å². The van der Waals surface area contributed by atoms with Crippen LogP contribution in [-0.2, 0) is 16.1 Å². The minimum Gasteiger partial charge on any atom is -0.492 e. The standard InChI is InChI=1S/C29H39F2N3O5/c1-37-19-28(35)34-14-13-33(20-29(36,21-34)22-39-25-9-10-26(30)27(31)17-25)18-23-5-7-24(8-6-23)38-16-15-32-11-3-2-4-12-32/h5-10,17,36H,2-4,11-16,18-22H2,1H3/t29-/m1/s1. The number of hydrogen-bond donors (Lipinski definition) is 1. The van der Waals surface area contributed by atoms with Crippen LogP contribution in [0.3, 0.4) is 0 Å². The van der Waals surface area contributed by atoms with Crippen molar-refractivity contribution in [1.29, 1.82) is 0 Å². The average Bonchev–Trinajstić information content (AvgIpc) is 3.10. The van der Waals surface area contributed by atoms with E-state index in [0.717, 1.165) is 43.1 Å². The maximum absolute atomic E-state index is 13.6. The molecule has 2 aromatic carbocycles. The number of hydrogen-bond acceptors (Lipinski definition) is 7. The molecule has 8 nitrogen and oxygen atoms in total. The number of ether oxygens (including phenoxy) is 3. The van der Waals surface area contributed by atoms with Crippen LogP contribution in [0, 0.1) is 11.6 Å². The molecule has 0 unspecified atom stereocenters. The second-order valence-electron chi connectivity index (χ2n) is 10.4. The van der Waals surface area contributed by atoms with Crippen molar-refractivity contribution in [3.05, 3.63) is 59.7 Å². The van der Waals surface area contributed by atoms with Gasteiger partial charge in [0.15, 0.2) is 11.6 Å². The lowest BCUT2D eigenvalue weighted by Crippen LogP contribution is -2.52. The van der Waals surface area contributed by atoms with Gasteiger partial charge in [0.1, 0.15) is 36.9 Å². The van der Waals surface area contributed by atoms with Crippen molar-refractivity contribution in [2.45, 2.75) is 31.4 Å². The molecule has 2 saturated heterocycles. The summed E-state index contributed by atoms with van der Waals surface area (Å²) in [6, 6.07) is 11.1. The largest absolute Gasteiger partial charge is 0.492 e. The first-order valence-electron chi connectivity index (χ1n) is 13.6. The summed E-state index contributed by atoms with van der Waals surface area (Å²) < 4.78 is 43.5. The Labute approximate surface area is 229 Å². The fraction of sp³-hybridized carbons (Fsp3) is 0.552. The molecule has 2 aliphatic rings. The molecule has 0 aliphatic carbocycles. The number of carbonyl (C=O) groups excluding carboxylic acids is 1. The Hall–Kier alpha value is -2.79. The Balaban J connectivity index is 1.36. The van der Waals surface area contributed by atoms with E-state index in [1.807, 2.05) is 24.3 Å². The number of carbonyl (C=O) groups is 1. The second-order valence-corrected chi connectivity index (χ2v) is 10.4. The fourth-order valence-corrected chi connectivity index (χ4v) is 5.10. The number of aliphatic hydroxyl groups is 1. The van der Waals surface area contributed by atoms with Gasteiger partial charge in [0.2, 0.25) is 5.91 Å². The number of β-amino-alcohol motifs (C(OH)–C–C–N with tert-alkyl or cyclic N) is 1. The number of methoxy groups -OCH3 is 1. The Kier molecular flexibility index (Phi) is 10.5. The van der Waals surface area contributed by atoms with Crippen LogP contribution >= 0.6 is 0 Å². The molecular formula is C29H39F2N3O5. The molecule has 2 aliphatic heterocycles. The summed E-state index contributed by atoms with van der Waals surface area (Å²) >= 11 is 0. The Morgan fingerprint density at radius 1 is 0.897 bits per heavy atom. The first kappa shape index (κ1) is 29.2. The maximum atomic E-state index is 13.6. The van der Waals surface area contributed by atoms with Gasteiger partial charge in [-0.2, -0.15) is 0 Å². The van der Waals surface area contributed by atoms with E-state index >= 15 is 0 Å². The van der Waals surface area contributed by atoms with E-state index in [0.29, 0.717) is 26.2 Å². The molecule has 0 bridgehead atoms. The molecule has 1 atom stereocenters. The summed E-state index contributed by atoms with van der Waals surface area (Å²) in [6.45, 7) is 5.32. The molecular weight excluding hydrogens is 508 g/mol. The molecule has 1 amide bonds. The Morgan fingerprint density at radius 2 is 1.64 bits per heavy atom. The summed E-state index contributed by atoms with van der Waals surface area (Å²) in [5.74, 6) is -1.32. The number of likely N-dealkylation sites (tertiary alicyclic amines) is 1. The topological polar surface area (TPSA) is 74.7 Å². The molecule has 10 heteroatoms. The normalized spacial score (nSPS) is 21.0. The van der Waals surface area contributed by atoms with Crippen molar-refractivity contribution < 1.29 is 32.9 Å². The van der Waals surface area contributed by atoms with Crippen LogP contribution in [0.5, 0.6) is 11.5 Å². The number of piperidine rings is 1. The third kappa shape index (κ3) is 8.86. The van der Waals surface area contributed by atoms with Gasteiger partial charge >= 0.3 is 0 Å². The van der Waals surface area contributed by atoms with Crippen molar-refractivity contribution in [2.24, 2.45) is 0 Å². The molecule has 2 fully saturated rings. The smallest absolute Gasteiger partial charge is 0.248 e. The fourth-order valence-electron chi connectivity index (χ4n) is 5.10. The van der Waals surface area contributed by atoms with Gasteiger partial charge in [-0.25, -0.2) is 8.78 Å². The molecule has 0 aromatic heterocycles. The van der Waals surface area contributed by atoms with E-state index < -0.39 is 17.2 Å². The molecule has 2 heterocycles. The van der Waals surface area contributed by atoms with Gasteiger partial charge in [-0.15, -0.1) is 0 Å². The molecule has 4 rings (SSSR count). The molecule has 0 saturated carbocycles. The highest BCUT2D eigenvalue weighted by Crippen LogP contribution is 2.22. The molecule has 0 spiro atoms. The molecule has 39 heavy (non-hydrogen) atoms. The lowest BCUT2D eigenvalue weighted by Gasteiger charge is -2.33. The van der Waals surface area contributed by atoms with Gasteiger partial charge in [0.25, 0.3) is 0 Å². The van der Waals surface area contributed by atoms with E-state index in [1.54, 1.807) is 4.90 Å². The SMILES string of the molecule is COCC(=O)N1CCN(Cc2ccc(OCCN3CCCCC3)cc2)C[C@](O)(COc2ccc(F)c(F)c2)C1. The van der Waals surface area contributed by atoms with Crippen LogP contribution < -0.4 is 9.47 Å². The van der Waals surface area contributed by atoms with Gasteiger partial charge < -0.3 is 24.2 Å². The van der Waals surface area contributed by atoms with Gasteiger partial charge in [0.05, 0.1) is 6.54 Å². The van der Waals surface area contributed by atoms with Gasteiger partial charge in [-0.1, -0.05) is 18.6 Å². The summed E-state index contributed by atoms with van der Waals surface area (Å²) in [4.78, 5) is 18.7. The van der Waals surface area contributed by atoms with Crippen molar-refractivity contribution in [3.8, 4) is 11.5 Å². The van der Waals surface area contributed by atoms with Crippen LogP contribution in [0.25, 0.3) is 0 Å². The monoisotopic (exact) mass is 547 g/mol. The van der Waals surface area contributed by atoms with Crippen LogP contribution in [0.4, 0.5) is 8.78 Å². The minimum absolute atomic E-state index is 0.0270. The predicted molar refractivity (Wildman–Crippen MR) is 143 cm³/mol. The Morgan fingerprint density at radius 3 is 2.36 bits per heavy atom. The highest BCUT2D eigenvalue weighted by atomic mass is 19.2. The van der Waals surface area contributed by atoms with Crippen molar-refractivity contribution in [3.63, 3.8) is 0 Å². The molecule has 0 radical (unpaired) electrons. The van der Waals surface area contributed by atoms with Crippen LogP contribution in [-0.4, -0.2) is 104 Å². The summed E-state index contributed by atoms with van der Waals surface area (Å²) in [5, 5.41) is 11.5. The third-order valence-corrected chi connectivity index (χ3v) is 7.16.